The van der Waals surface area contributed by atoms with Crippen molar-refractivity contribution in [2.75, 3.05) is 39.8 Å². The van der Waals surface area contributed by atoms with Gasteiger partial charge in [-0.25, -0.2) is 4.79 Å². The standard InChI is InChI=1S/C26H34N4O3/c1-26(2,22-12-8-5-9-13-22)24(32)30-18-16-29(17-19-30)23(31)14-15-27-25(33)28(3)20-21-10-6-4-7-11-21/h4-13H,14-20H2,1-3H3,(H,27,33). The lowest BCUT2D eigenvalue weighted by Gasteiger charge is -2.39. The van der Waals surface area contributed by atoms with Crippen molar-refractivity contribution in [2.24, 2.45) is 0 Å². The lowest BCUT2D eigenvalue weighted by atomic mass is 9.83. The molecule has 7 heteroatoms. The fourth-order valence-corrected chi connectivity index (χ4v) is 4.03. The minimum atomic E-state index is -0.608. The van der Waals surface area contributed by atoms with Crippen molar-refractivity contribution in [3.8, 4) is 0 Å². The maximum absolute atomic E-state index is 13.1. The Hall–Kier alpha value is -3.35. The number of nitrogens with one attached hydrogen (secondary N) is 1. The van der Waals surface area contributed by atoms with Gasteiger partial charge in [-0.1, -0.05) is 60.7 Å². The molecule has 0 saturated carbocycles. The first-order valence-electron chi connectivity index (χ1n) is 11.4. The molecule has 3 rings (SSSR count). The van der Waals surface area contributed by atoms with E-state index in [0.717, 1.165) is 11.1 Å². The molecule has 0 bridgehead atoms. The third-order valence-corrected chi connectivity index (χ3v) is 6.17. The molecule has 0 spiro atoms. The summed E-state index contributed by atoms with van der Waals surface area (Å²) in [5.74, 6) is 0.0740. The molecule has 176 valence electrons. The minimum Gasteiger partial charge on any atom is -0.339 e. The van der Waals surface area contributed by atoms with Gasteiger partial charge in [-0.2, -0.15) is 0 Å². The summed E-state index contributed by atoms with van der Waals surface area (Å²) in [5.41, 5.74) is 1.43. The van der Waals surface area contributed by atoms with Crippen molar-refractivity contribution in [1.82, 2.24) is 20.0 Å². The molecule has 0 aliphatic carbocycles. The summed E-state index contributed by atoms with van der Waals surface area (Å²) in [7, 11) is 1.73. The number of amides is 4. The molecular weight excluding hydrogens is 416 g/mol. The molecule has 1 aliphatic heterocycles. The highest BCUT2D eigenvalue weighted by atomic mass is 16.2. The predicted octanol–water partition coefficient (Wildman–Crippen LogP) is 2.87. The van der Waals surface area contributed by atoms with Crippen molar-refractivity contribution < 1.29 is 14.4 Å². The topological polar surface area (TPSA) is 73.0 Å². The zero-order valence-electron chi connectivity index (χ0n) is 19.8. The Labute approximate surface area is 196 Å². The third-order valence-electron chi connectivity index (χ3n) is 6.17. The van der Waals surface area contributed by atoms with E-state index in [-0.39, 0.29) is 30.8 Å². The first-order chi connectivity index (χ1) is 15.8. The zero-order valence-corrected chi connectivity index (χ0v) is 19.8. The van der Waals surface area contributed by atoms with E-state index in [9.17, 15) is 14.4 Å². The van der Waals surface area contributed by atoms with E-state index in [1.54, 1.807) is 16.8 Å². The van der Waals surface area contributed by atoms with Gasteiger partial charge in [-0.3, -0.25) is 9.59 Å². The Kier molecular flexibility index (Phi) is 8.09. The summed E-state index contributed by atoms with van der Waals surface area (Å²) in [5, 5.41) is 2.81. The SMILES string of the molecule is CN(Cc1ccccc1)C(=O)NCCC(=O)N1CCN(C(=O)C(C)(C)c2ccccc2)CC1. The molecule has 0 atom stereocenters. The van der Waals surface area contributed by atoms with E-state index >= 15 is 0 Å². The first-order valence-corrected chi connectivity index (χ1v) is 11.4. The first kappa shape index (κ1) is 24.3. The number of hydrogen-bond donors (Lipinski definition) is 1. The van der Waals surface area contributed by atoms with Gasteiger partial charge < -0.3 is 20.0 Å². The monoisotopic (exact) mass is 450 g/mol. The molecule has 1 saturated heterocycles. The van der Waals surface area contributed by atoms with E-state index in [2.05, 4.69) is 5.32 Å². The van der Waals surface area contributed by atoms with Gasteiger partial charge in [0.2, 0.25) is 11.8 Å². The molecule has 7 nitrogen and oxygen atoms in total. The number of hydrogen-bond acceptors (Lipinski definition) is 3. The molecule has 33 heavy (non-hydrogen) atoms. The lowest BCUT2D eigenvalue weighted by Crippen LogP contribution is -2.54. The van der Waals surface area contributed by atoms with Crippen LogP contribution in [0.2, 0.25) is 0 Å². The Bertz CT molecular complexity index is 939. The van der Waals surface area contributed by atoms with Gasteiger partial charge in [-0.05, 0) is 25.0 Å². The molecule has 0 unspecified atom stereocenters. The Morgan fingerprint density at radius 3 is 2.03 bits per heavy atom. The summed E-state index contributed by atoms with van der Waals surface area (Å²) >= 11 is 0. The van der Waals surface area contributed by atoms with Gasteiger partial charge in [0.1, 0.15) is 0 Å². The van der Waals surface area contributed by atoms with Crippen molar-refractivity contribution in [2.45, 2.75) is 32.2 Å². The summed E-state index contributed by atoms with van der Waals surface area (Å²) < 4.78 is 0. The van der Waals surface area contributed by atoms with Gasteiger partial charge >= 0.3 is 6.03 Å². The highest BCUT2D eigenvalue weighted by Crippen LogP contribution is 2.26. The molecule has 2 aromatic rings. The Balaban J connectivity index is 1.40. The Morgan fingerprint density at radius 1 is 0.879 bits per heavy atom. The predicted molar refractivity (Wildman–Crippen MR) is 129 cm³/mol. The minimum absolute atomic E-state index is 0.00423. The normalized spacial score (nSPS) is 14.0. The average molecular weight is 451 g/mol. The molecule has 2 aromatic carbocycles. The van der Waals surface area contributed by atoms with Crippen LogP contribution < -0.4 is 5.32 Å². The smallest absolute Gasteiger partial charge is 0.317 e. The van der Waals surface area contributed by atoms with Crippen molar-refractivity contribution in [3.63, 3.8) is 0 Å². The van der Waals surface area contributed by atoms with Gasteiger partial charge in [0.25, 0.3) is 0 Å². The molecule has 1 heterocycles. The largest absolute Gasteiger partial charge is 0.339 e. The number of carbonyl (C=O) groups excluding carboxylic acids is 3. The van der Waals surface area contributed by atoms with Gasteiger partial charge in [0.05, 0.1) is 5.41 Å². The van der Waals surface area contributed by atoms with Crippen LogP contribution in [0.15, 0.2) is 60.7 Å². The second-order valence-corrected chi connectivity index (χ2v) is 8.99. The molecule has 1 N–H and O–H groups in total. The summed E-state index contributed by atoms with van der Waals surface area (Å²) in [6, 6.07) is 19.3. The van der Waals surface area contributed by atoms with Crippen LogP contribution in [0.3, 0.4) is 0 Å². The molecule has 1 fully saturated rings. The summed E-state index contributed by atoms with van der Waals surface area (Å²) in [4.78, 5) is 43.2. The Morgan fingerprint density at radius 2 is 1.42 bits per heavy atom. The highest BCUT2D eigenvalue weighted by Gasteiger charge is 2.35. The number of nitrogens with zero attached hydrogens (tertiary/aromatic N) is 3. The van der Waals surface area contributed by atoms with Gasteiger partial charge in [0, 0.05) is 52.7 Å². The van der Waals surface area contributed by atoms with Crippen LogP contribution in [0.5, 0.6) is 0 Å². The van der Waals surface area contributed by atoms with Crippen LogP contribution in [0.1, 0.15) is 31.4 Å². The van der Waals surface area contributed by atoms with Crippen LogP contribution in [0.4, 0.5) is 4.79 Å². The maximum atomic E-state index is 13.1. The molecule has 0 radical (unpaired) electrons. The van der Waals surface area contributed by atoms with E-state index in [0.29, 0.717) is 32.7 Å². The van der Waals surface area contributed by atoms with E-state index < -0.39 is 5.41 Å². The fourth-order valence-electron chi connectivity index (χ4n) is 4.03. The maximum Gasteiger partial charge on any atom is 0.317 e. The molecule has 0 aromatic heterocycles. The van der Waals surface area contributed by atoms with Crippen LogP contribution in [0, 0.1) is 0 Å². The summed E-state index contributed by atoms with van der Waals surface area (Å²) in [6.45, 7) is 6.75. The summed E-state index contributed by atoms with van der Waals surface area (Å²) in [6.07, 6.45) is 0.244. The second kappa shape index (κ2) is 11.0. The number of rotatable bonds is 7. The van der Waals surface area contributed by atoms with Crippen molar-refractivity contribution in [1.29, 1.82) is 0 Å². The van der Waals surface area contributed by atoms with E-state index in [1.165, 1.54) is 0 Å². The number of benzene rings is 2. The van der Waals surface area contributed by atoms with Crippen LogP contribution in [-0.2, 0) is 21.5 Å². The molecular formula is C26H34N4O3. The number of carbonyl (C=O) groups is 3. The number of piperazine rings is 1. The van der Waals surface area contributed by atoms with E-state index in [1.807, 2.05) is 79.4 Å². The molecule has 4 amide bonds. The molecule has 1 aliphatic rings. The lowest BCUT2D eigenvalue weighted by molar-refractivity contribution is -0.142. The van der Waals surface area contributed by atoms with Gasteiger partial charge in [-0.15, -0.1) is 0 Å². The van der Waals surface area contributed by atoms with Crippen LogP contribution >= 0.6 is 0 Å². The second-order valence-electron chi connectivity index (χ2n) is 8.99. The quantitative estimate of drug-likeness (QED) is 0.705. The average Bonchev–Trinajstić information content (AvgIpc) is 2.84. The fraction of sp³-hybridized carbons (Fsp3) is 0.423. The third kappa shape index (κ3) is 6.34. The van der Waals surface area contributed by atoms with Crippen LogP contribution in [0.25, 0.3) is 0 Å². The van der Waals surface area contributed by atoms with Gasteiger partial charge in [0.15, 0.2) is 0 Å². The number of urea groups is 1. The van der Waals surface area contributed by atoms with Crippen molar-refractivity contribution in [3.05, 3.63) is 71.8 Å². The highest BCUT2D eigenvalue weighted by molar-refractivity contribution is 5.87. The van der Waals surface area contributed by atoms with Crippen molar-refractivity contribution >= 4 is 17.8 Å². The zero-order chi connectivity index (χ0) is 23.8. The van der Waals surface area contributed by atoms with Crippen LogP contribution in [-0.4, -0.2) is 72.3 Å². The van der Waals surface area contributed by atoms with E-state index in [4.69, 9.17) is 0 Å².